The van der Waals surface area contributed by atoms with E-state index in [1.165, 1.54) is 25.3 Å². The molecule has 1 aliphatic heterocycles. The summed E-state index contributed by atoms with van der Waals surface area (Å²) in [5, 5.41) is 1.68. The van der Waals surface area contributed by atoms with Crippen LogP contribution in [0.15, 0.2) is 40.4 Å². The van der Waals surface area contributed by atoms with Crippen LogP contribution in [0, 0.1) is 6.92 Å². The fraction of sp³-hybridized carbons (Fsp3) is 0.158. The number of amides is 2. The quantitative estimate of drug-likeness (QED) is 0.566. The maximum atomic E-state index is 12.8. The maximum absolute atomic E-state index is 12.8. The molecule has 6 nitrogen and oxygen atoms in total. The highest BCUT2D eigenvalue weighted by Gasteiger charge is 2.34. The van der Waals surface area contributed by atoms with E-state index in [0.717, 1.165) is 5.56 Å². The number of carbonyl (C=O) groups is 2. The fourth-order valence-electron chi connectivity index (χ4n) is 2.60. The van der Waals surface area contributed by atoms with Crippen LogP contribution in [-0.2, 0) is 9.59 Å². The lowest BCUT2D eigenvalue weighted by Crippen LogP contribution is -2.35. The molecule has 0 aliphatic carbocycles. The first-order chi connectivity index (χ1) is 12.8. The van der Waals surface area contributed by atoms with Crippen molar-refractivity contribution in [1.29, 1.82) is 0 Å². The van der Waals surface area contributed by atoms with E-state index < -0.39 is 11.8 Å². The van der Waals surface area contributed by atoms with Crippen molar-refractivity contribution in [2.75, 3.05) is 19.2 Å². The number of methoxy groups -OCH3 is 2. The largest absolute Gasteiger partial charge is 0.493 e. The van der Waals surface area contributed by atoms with E-state index in [1.54, 1.807) is 30.3 Å². The second-order valence-electron chi connectivity index (χ2n) is 5.80. The van der Waals surface area contributed by atoms with Gasteiger partial charge in [-0.2, -0.15) is 0 Å². The number of halogens is 2. The summed E-state index contributed by atoms with van der Waals surface area (Å²) in [5.41, 5.74) is 4.52. The van der Waals surface area contributed by atoms with E-state index in [4.69, 9.17) is 21.1 Å². The van der Waals surface area contributed by atoms with Crippen molar-refractivity contribution < 1.29 is 19.1 Å². The van der Waals surface area contributed by atoms with Gasteiger partial charge in [0, 0.05) is 9.50 Å². The number of hydrogen-bond acceptors (Lipinski definition) is 4. The smallest absolute Gasteiger partial charge is 0.282 e. The number of hydrogen-bond donors (Lipinski definition) is 1. The van der Waals surface area contributed by atoms with Gasteiger partial charge in [-0.25, -0.2) is 5.01 Å². The lowest BCUT2D eigenvalue weighted by atomic mass is 10.1. The normalized spacial score (nSPS) is 15.3. The summed E-state index contributed by atoms with van der Waals surface area (Å²) in [7, 11) is 3.04. The van der Waals surface area contributed by atoms with Gasteiger partial charge < -0.3 is 9.47 Å². The Hall–Kier alpha value is -2.51. The Morgan fingerprint density at radius 3 is 2.41 bits per heavy atom. The number of benzene rings is 2. The highest BCUT2D eigenvalue weighted by atomic mass is 79.9. The summed E-state index contributed by atoms with van der Waals surface area (Å²) in [6, 6.07) is 8.52. The molecule has 2 aromatic rings. The van der Waals surface area contributed by atoms with Gasteiger partial charge in [0.15, 0.2) is 11.5 Å². The average molecular weight is 452 g/mol. The first-order valence-electron chi connectivity index (χ1n) is 7.90. The van der Waals surface area contributed by atoms with Gasteiger partial charge >= 0.3 is 0 Å². The van der Waals surface area contributed by atoms with E-state index in [1.807, 2.05) is 6.92 Å². The average Bonchev–Trinajstić information content (AvgIpc) is 2.93. The maximum Gasteiger partial charge on any atom is 0.282 e. The van der Waals surface area contributed by atoms with E-state index in [9.17, 15) is 9.59 Å². The topological polar surface area (TPSA) is 67.9 Å². The van der Waals surface area contributed by atoms with Crippen molar-refractivity contribution in [3.63, 3.8) is 0 Å². The highest BCUT2D eigenvalue weighted by molar-refractivity contribution is 9.10. The zero-order chi connectivity index (χ0) is 19.7. The van der Waals surface area contributed by atoms with Gasteiger partial charge in [0.1, 0.15) is 5.57 Å². The molecule has 1 aliphatic rings. The first kappa shape index (κ1) is 19.3. The molecule has 2 aromatic carbocycles. The lowest BCUT2D eigenvalue weighted by molar-refractivity contribution is -0.117. The Labute approximate surface area is 169 Å². The Morgan fingerprint density at radius 2 is 1.78 bits per heavy atom. The molecule has 8 heteroatoms. The Bertz CT molecular complexity index is 974. The Morgan fingerprint density at radius 1 is 1.11 bits per heavy atom. The molecule has 0 unspecified atom stereocenters. The standard InChI is InChI=1S/C19H16BrClN2O4/c1-10-4-5-12(8-15(10)21)23-19(25)13(18(24)22-23)6-11-7-16(26-2)17(27-3)9-14(11)20/h4-9H,1-3H3,(H,22,24). The monoisotopic (exact) mass is 450 g/mol. The molecule has 0 radical (unpaired) electrons. The molecule has 3 rings (SSSR count). The Balaban J connectivity index is 1.99. The van der Waals surface area contributed by atoms with Crippen molar-refractivity contribution in [1.82, 2.24) is 5.43 Å². The van der Waals surface area contributed by atoms with Crippen LogP contribution >= 0.6 is 27.5 Å². The van der Waals surface area contributed by atoms with Crippen molar-refractivity contribution >= 4 is 51.1 Å². The van der Waals surface area contributed by atoms with Crippen molar-refractivity contribution in [3.05, 3.63) is 56.5 Å². The van der Waals surface area contributed by atoms with Crippen LogP contribution in [0.2, 0.25) is 5.02 Å². The van der Waals surface area contributed by atoms with E-state index in [-0.39, 0.29) is 5.57 Å². The number of nitrogens with one attached hydrogen (secondary N) is 1. The third kappa shape index (κ3) is 3.65. The van der Waals surface area contributed by atoms with E-state index in [0.29, 0.717) is 32.2 Å². The molecular formula is C19H16BrClN2O4. The number of rotatable bonds is 4. The lowest BCUT2D eigenvalue weighted by Gasteiger charge is -2.15. The molecule has 0 aromatic heterocycles. The molecule has 27 heavy (non-hydrogen) atoms. The number of aryl methyl sites for hydroxylation is 1. The minimum absolute atomic E-state index is 0.000354. The summed E-state index contributed by atoms with van der Waals surface area (Å²) in [6.45, 7) is 1.86. The van der Waals surface area contributed by atoms with Crippen molar-refractivity contribution in [2.45, 2.75) is 6.92 Å². The predicted molar refractivity (Wildman–Crippen MR) is 107 cm³/mol. The first-order valence-corrected chi connectivity index (χ1v) is 9.07. The molecule has 1 N–H and O–H groups in total. The predicted octanol–water partition coefficient (Wildman–Crippen LogP) is 3.89. The Kier molecular flexibility index (Phi) is 5.43. The van der Waals surface area contributed by atoms with Crippen LogP contribution in [0.3, 0.4) is 0 Å². The van der Waals surface area contributed by atoms with Crippen LogP contribution in [0.5, 0.6) is 11.5 Å². The number of anilines is 1. The van der Waals surface area contributed by atoms with Crippen molar-refractivity contribution in [2.24, 2.45) is 0 Å². The molecule has 1 saturated heterocycles. The van der Waals surface area contributed by atoms with Crippen molar-refractivity contribution in [3.8, 4) is 11.5 Å². The highest BCUT2D eigenvalue weighted by Crippen LogP contribution is 2.35. The second kappa shape index (κ2) is 7.62. The van der Waals surface area contributed by atoms with E-state index >= 15 is 0 Å². The fourth-order valence-corrected chi connectivity index (χ4v) is 3.21. The third-order valence-electron chi connectivity index (χ3n) is 4.11. The molecule has 0 spiro atoms. The zero-order valence-electron chi connectivity index (χ0n) is 14.8. The van der Waals surface area contributed by atoms with Gasteiger partial charge in [0.25, 0.3) is 11.8 Å². The zero-order valence-corrected chi connectivity index (χ0v) is 17.1. The molecule has 140 valence electrons. The molecule has 0 atom stereocenters. The number of ether oxygens (including phenoxy) is 2. The van der Waals surface area contributed by atoms with Crippen LogP contribution in [0.1, 0.15) is 11.1 Å². The molecule has 2 amide bonds. The minimum atomic E-state index is -0.501. The van der Waals surface area contributed by atoms with Gasteiger partial charge in [-0.1, -0.05) is 33.6 Å². The van der Waals surface area contributed by atoms with Gasteiger partial charge in [-0.05, 0) is 48.4 Å². The van der Waals surface area contributed by atoms with Gasteiger partial charge in [0.2, 0.25) is 0 Å². The van der Waals surface area contributed by atoms with Crippen LogP contribution in [0.25, 0.3) is 6.08 Å². The minimum Gasteiger partial charge on any atom is -0.493 e. The summed E-state index contributed by atoms with van der Waals surface area (Å²) in [6.07, 6.45) is 1.50. The molecular weight excluding hydrogens is 436 g/mol. The molecule has 0 bridgehead atoms. The summed E-state index contributed by atoms with van der Waals surface area (Å²) < 4.78 is 11.2. The third-order valence-corrected chi connectivity index (χ3v) is 5.20. The van der Waals surface area contributed by atoms with Crippen LogP contribution < -0.4 is 19.9 Å². The van der Waals surface area contributed by atoms with E-state index in [2.05, 4.69) is 21.4 Å². The molecule has 1 fully saturated rings. The van der Waals surface area contributed by atoms with Crippen LogP contribution in [-0.4, -0.2) is 26.0 Å². The number of hydrazine groups is 1. The molecule has 0 saturated carbocycles. The SMILES string of the molecule is COc1cc(Br)c(C=C2C(=O)NN(c3ccc(C)c(Cl)c3)C2=O)cc1OC. The summed E-state index contributed by atoms with van der Waals surface area (Å²) >= 11 is 9.55. The summed E-state index contributed by atoms with van der Waals surface area (Å²) in [5.74, 6) is 0.0465. The van der Waals surface area contributed by atoms with Gasteiger partial charge in [0.05, 0.1) is 19.9 Å². The summed E-state index contributed by atoms with van der Waals surface area (Å²) in [4.78, 5) is 25.1. The number of carbonyl (C=O) groups excluding carboxylic acids is 2. The van der Waals surface area contributed by atoms with Gasteiger partial charge in [-0.15, -0.1) is 0 Å². The molecule has 1 heterocycles. The van der Waals surface area contributed by atoms with Crippen LogP contribution in [0.4, 0.5) is 5.69 Å². The second-order valence-corrected chi connectivity index (χ2v) is 7.06. The van der Waals surface area contributed by atoms with Gasteiger partial charge in [-0.3, -0.25) is 15.0 Å². The number of nitrogens with zero attached hydrogens (tertiary/aromatic N) is 1.